The maximum atomic E-state index is 12.9. The van der Waals surface area contributed by atoms with Crippen LogP contribution in [0.2, 0.25) is 0 Å². The van der Waals surface area contributed by atoms with Gasteiger partial charge >= 0.3 is 0 Å². The summed E-state index contributed by atoms with van der Waals surface area (Å²) < 4.78 is 25.3. The van der Waals surface area contributed by atoms with Gasteiger partial charge in [0.15, 0.2) is 0 Å². The van der Waals surface area contributed by atoms with Crippen LogP contribution in [0.1, 0.15) is 10.4 Å². The van der Waals surface area contributed by atoms with Gasteiger partial charge < -0.3 is 0 Å². The predicted molar refractivity (Wildman–Crippen MR) is 42.5 cm³/mol. The number of rotatable bonds is 3. The molecule has 0 bridgehead atoms. The van der Waals surface area contributed by atoms with E-state index in [2.05, 4.69) is 0 Å². The van der Waals surface area contributed by atoms with Gasteiger partial charge in [0.25, 0.3) is 6.54 Å². The number of hydrogen-bond donors (Lipinski definition) is 0. The van der Waals surface area contributed by atoms with Gasteiger partial charge in [-0.05, 0) is 12.1 Å². The van der Waals surface area contributed by atoms with E-state index in [4.69, 9.17) is 0 Å². The van der Waals surface area contributed by atoms with Crippen molar-refractivity contribution in [3.8, 4) is 0 Å². The largest absolute Gasteiger partial charge is 0.287 e. The van der Waals surface area contributed by atoms with Crippen molar-refractivity contribution >= 4 is 5.78 Å². The Bertz CT molecular complexity index is 392. The topological polar surface area (TPSA) is 60.2 Å². The van der Waals surface area contributed by atoms with Gasteiger partial charge in [-0.2, -0.15) is 0 Å². The Morgan fingerprint density at radius 3 is 2.57 bits per heavy atom. The fourth-order valence-electron chi connectivity index (χ4n) is 0.918. The van der Waals surface area contributed by atoms with Crippen LogP contribution >= 0.6 is 0 Å². The molecule has 14 heavy (non-hydrogen) atoms. The van der Waals surface area contributed by atoms with E-state index in [1.165, 1.54) is 0 Å². The summed E-state index contributed by atoms with van der Waals surface area (Å²) in [5, 5.41) is 9.95. The molecule has 1 aromatic rings. The first-order chi connectivity index (χ1) is 6.50. The van der Waals surface area contributed by atoms with Crippen LogP contribution in [0.3, 0.4) is 0 Å². The molecule has 6 heteroatoms. The van der Waals surface area contributed by atoms with E-state index in [9.17, 15) is 23.7 Å². The molecule has 0 aromatic heterocycles. The van der Waals surface area contributed by atoms with Gasteiger partial charge in [-0.1, -0.05) is 0 Å². The van der Waals surface area contributed by atoms with E-state index in [0.29, 0.717) is 6.07 Å². The first-order valence-corrected chi connectivity index (χ1v) is 3.61. The van der Waals surface area contributed by atoms with Crippen molar-refractivity contribution in [1.29, 1.82) is 0 Å². The van der Waals surface area contributed by atoms with Crippen LogP contribution in [-0.2, 0) is 0 Å². The molecule has 1 rings (SSSR count). The Hall–Kier alpha value is -1.85. The molecule has 0 spiro atoms. The number of halogens is 2. The van der Waals surface area contributed by atoms with Gasteiger partial charge in [0, 0.05) is 11.0 Å². The summed E-state index contributed by atoms with van der Waals surface area (Å²) in [4.78, 5) is 20.1. The van der Waals surface area contributed by atoms with E-state index in [0.717, 1.165) is 12.1 Å². The number of carbonyl (C=O) groups excluding carboxylic acids is 1. The molecular formula is C8H5F2NO3. The number of ketones is 1. The van der Waals surface area contributed by atoms with Gasteiger partial charge in [0.05, 0.1) is 5.56 Å². The quantitative estimate of drug-likeness (QED) is 0.422. The van der Waals surface area contributed by atoms with Crippen LogP contribution in [0.15, 0.2) is 18.2 Å². The highest BCUT2D eigenvalue weighted by Gasteiger charge is 2.17. The molecular weight excluding hydrogens is 196 g/mol. The van der Waals surface area contributed by atoms with E-state index in [-0.39, 0.29) is 0 Å². The van der Waals surface area contributed by atoms with E-state index in [1.54, 1.807) is 0 Å². The maximum Gasteiger partial charge on any atom is 0.265 e. The van der Waals surface area contributed by atoms with Gasteiger partial charge in [-0.3, -0.25) is 14.9 Å². The zero-order valence-corrected chi connectivity index (χ0v) is 6.87. The van der Waals surface area contributed by atoms with Crippen molar-refractivity contribution < 1.29 is 18.5 Å². The highest BCUT2D eigenvalue weighted by molar-refractivity contribution is 5.97. The molecule has 0 aliphatic rings. The van der Waals surface area contributed by atoms with Crippen LogP contribution in [0.5, 0.6) is 0 Å². The fourth-order valence-corrected chi connectivity index (χ4v) is 0.918. The van der Waals surface area contributed by atoms with Crippen LogP contribution in [0.4, 0.5) is 8.78 Å². The Balaban J connectivity index is 2.96. The summed E-state index contributed by atoms with van der Waals surface area (Å²) in [6.07, 6.45) is 0. The average Bonchev–Trinajstić information content (AvgIpc) is 2.01. The number of carbonyl (C=O) groups is 1. The summed E-state index contributed by atoms with van der Waals surface area (Å²) in [5.74, 6) is -2.90. The average molecular weight is 201 g/mol. The molecule has 0 saturated heterocycles. The van der Waals surface area contributed by atoms with Crippen LogP contribution in [-0.4, -0.2) is 17.3 Å². The molecule has 4 nitrogen and oxygen atoms in total. The lowest BCUT2D eigenvalue weighted by Crippen LogP contribution is -2.15. The molecule has 0 heterocycles. The van der Waals surface area contributed by atoms with Crippen molar-refractivity contribution in [3.05, 3.63) is 45.5 Å². The molecule has 0 amide bonds. The highest BCUT2D eigenvalue weighted by Crippen LogP contribution is 2.10. The molecule has 0 aliphatic heterocycles. The standard InChI is InChI=1S/C8H5F2NO3/c9-5-1-2-6(7(10)3-5)8(12)4-11(13)14/h1-3H,4H2. The highest BCUT2D eigenvalue weighted by atomic mass is 19.1. The predicted octanol–water partition coefficient (Wildman–Crippen LogP) is 1.42. The van der Waals surface area contributed by atoms with Gasteiger partial charge in [-0.25, -0.2) is 8.78 Å². The lowest BCUT2D eigenvalue weighted by Gasteiger charge is -1.98. The van der Waals surface area contributed by atoms with E-state index in [1.807, 2.05) is 0 Å². The van der Waals surface area contributed by atoms with Gasteiger partial charge in [-0.15, -0.1) is 0 Å². The Morgan fingerprint density at radius 2 is 2.07 bits per heavy atom. The van der Waals surface area contributed by atoms with Crippen molar-refractivity contribution in [2.75, 3.05) is 6.54 Å². The summed E-state index contributed by atoms with van der Waals surface area (Å²) >= 11 is 0. The molecule has 0 atom stereocenters. The molecule has 0 radical (unpaired) electrons. The molecule has 0 saturated carbocycles. The van der Waals surface area contributed by atoms with Crippen molar-refractivity contribution in [1.82, 2.24) is 0 Å². The number of benzene rings is 1. The molecule has 0 N–H and O–H groups in total. The number of nitro groups is 1. The maximum absolute atomic E-state index is 12.9. The third kappa shape index (κ3) is 2.32. The fraction of sp³-hybridized carbons (Fsp3) is 0.125. The van der Waals surface area contributed by atoms with Crippen LogP contribution in [0.25, 0.3) is 0 Å². The monoisotopic (exact) mass is 201 g/mol. The van der Waals surface area contributed by atoms with Crippen LogP contribution in [0, 0.1) is 21.7 Å². The third-order valence-electron chi connectivity index (χ3n) is 1.50. The second kappa shape index (κ2) is 3.91. The first kappa shape index (κ1) is 10.2. The lowest BCUT2D eigenvalue weighted by molar-refractivity contribution is -0.465. The first-order valence-electron chi connectivity index (χ1n) is 3.61. The summed E-state index contributed by atoms with van der Waals surface area (Å²) in [6.45, 7) is -0.997. The molecule has 0 unspecified atom stereocenters. The summed E-state index contributed by atoms with van der Waals surface area (Å²) in [6, 6.07) is 2.26. The Labute approximate surface area is 77.3 Å². The second-order valence-corrected chi connectivity index (χ2v) is 2.54. The molecule has 0 aliphatic carbocycles. The SMILES string of the molecule is O=C(C[N+](=O)[O-])c1ccc(F)cc1F. The Kier molecular flexibility index (Phi) is 2.85. The summed E-state index contributed by atoms with van der Waals surface area (Å²) in [5.41, 5.74) is -0.469. The van der Waals surface area contributed by atoms with Crippen molar-refractivity contribution in [2.45, 2.75) is 0 Å². The third-order valence-corrected chi connectivity index (χ3v) is 1.50. The number of Topliss-reactive ketones (excluding diaryl/α,β-unsaturated/α-hetero) is 1. The zero-order valence-electron chi connectivity index (χ0n) is 6.87. The number of nitrogens with zero attached hydrogens (tertiary/aromatic N) is 1. The zero-order chi connectivity index (χ0) is 10.7. The van der Waals surface area contributed by atoms with E-state index >= 15 is 0 Å². The van der Waals surface area contributed by atoms with Crippen molar-refractivity contribution in [3.63, 3.8) is 0 Å². The second-order valence-electron chi connectivity index (χ2n) is 2.54. The lowest BCUT2D eigenvalue weighted by atomic mass is 10.1. The smallest absolute Gasteiger partial charge is 0.265 e. The molecule has 0 fully saturated rings. The molecule has 74 valence electrons. The van der Waals surface area contributed by atoms with Gasteiger partial charge in [0.2, 0.25) is 5.78 Å². The van der Waals surface area contributed by atoms with Gasteiger partial charge in [0.1, 0.15) is 11.6 Å². The minimum atomic E-state index is -1.09. The molecule has 1 aromatic carbocycles. The minimum absolute atomic E-state index is 0.469. The minimum Gasteiger partial charge on any atom is -0.287 e. The van der Waals surface area contributed by atoms with Crippen molar-refractivity contribution in [2.24, 2.45) is 0 Å². The number of hydrogen-bond acceptors (Lipinski definition) is 3. The Morgan fingerprint density at radius 1 is 1.43 bits per heavy atom. The van der Waals surface area contributed by atoms with Crippen LogP contribution < -0.4 is 0 Å². The normalized spacial score (nSPS) is 9.86. The van der Waals surface area contributed by atoms with E-state index < -0.39 is 34.4 Å². The summed E-state index contributed by atoms with van der Waals surface area (Å²) in [7, 11) is 0.